The van der Waals surface area contributed by atoms with Crippen molar-refractivity contribution >= 4 is 27.6 Å². The molecule has 4 nitrogen and oxygen atoms in total. The Balaban J connectivity index is 4.22. The minimum atomic E-state index is -3.13. The minimum Gasteiger partial charge on any atom is -0.382 e. The fourth-order valence-corrected chi connectivity index (χ4v) is 1.10. The Kier molecular flexibility index (Phi) is 6.56. The summed E-state index contributed by atoms with van der Waals surface area (Å²) >= 11 is 2.87. The molecule has 1 N–H and O–H groups in total. The number of Topliss-reactive ketones (excluding diaryl/α,β-unsaturated/α-hetero) is 1. The summed E-state index contributed by atoms with van der Waals surface area (Å²) in [5.41, 5.74) is 0. The predicted molar refractivity (Wildman–Crippen MR) is 48.6 cm³/mol. The van der Waals surface area contributed by atoms with Crippen LogP contribution in [-0.2, 0) is 14.3 Å². The van der Waals surface area contributed by atoms with Crippen LogP contribution in [0.4, 0.5) is 8.78 Å². The molecule has 82 valence electrons. The average molecular weight is 274 g/mol. The zero-order valence-corrected chi connectivity index (χ0v) is 9.01. The van der Waals surface area contributed by atoms with Crippen LogP contribution in [0, 0.1) is 0 Å². The van der Waals surface area contributed by atoms with Gasteiger partial charge in [-0.1, -0.05) is 15.9 Å². The van der Waals surface area contributed by atoms with E-state index in [1.54, 1.807) is 0 Å². The van der Waals surface area contributed by atoms with Gasteiger partial charge < -0.3 is 10.1 Å². The van der Waals surface area contributed by atoms with Crippen LogP contribution in [0.25, 0.3) is 0 Å². The number of alkyl halides is 3. The second kappa shape index (κ2) is 6.83. The number of hydrogen-bond donors (Lipinski definition) is 1. The first-order valence-electron chi connectivity index (χ1n) is 3.69. The van der Waals surface area contributed by atoms with E-state index in [1.165, 1.54) is 7.11 Å². The predicted octanol–water partition coefficient (Wildman–Crippen LogP) is 0.347. The lowest BCUT2D eigenvalue weighted by Crippen LogP contribution is -2.46. The highest BCUT2D eigenvalue weighted by atomic mass is 79.9. The van der Waals surface area contributed by atoms with Gasteiger partial charge in [-0.3, -0.25) is 9.59 Å². The molecule has 0 heterocycles. The van der Waals surface area contributed by atoms with E-state index >= 15 is 0 Å². The van der Waals surface area contributed by atoms with E-state index in [9.17, 15) is 18.4 Å². The van der Waals surface area contributed by atoms with E-state index < -0.39 is 24.2 Å². The first-order chi connectivity index (χ1) is 6.52. The number of rotatable bonds is 6. The molecule has 7 heteroatoms. The highest BCUT2D eigenvalue weighted by Gasteiger charge is 2.23. The maximum atomic E-state index is 11.8. The molecular formula is C7H10BrF2NO3. The lowest BCUT2D eigenvalue weighted by Gasteiger charge is -2.15. The van der Waals surface area contributed by atoms with Gasteiger partial charge in [-0.25, -0.2) is 0 Å². The standard InChI is InChI=1S/C7H10BrF2NO3/c1-14-3-4(5(12)2-8)11-7(13)6(9)10/h4,6H,2-3H2,1H3,(H,11,13). The fraction of sp³-hybridized carbons (Fsp3) is 0.714. The number of halogens is 3. The summed E-state index contributed by atoms with van der Waals surface area (Å²) < 4.78 is 28.2. The van der Waals surface area contributed by atoms with Crippen molar-refractivity contribution in [2.75, 3.05) is 19.0 Å². The second-order valence-electron chi connectivity index (χ2n) is 2.42. The van der Waals surface area contributed by atoms with Gasteiger partial charge in [0.05, 0.1) is 11.9 Å². The van der Waals surface area contributed by atoms with Crippen molar-refractivity contribution in [3.05, 3.63) is 0 Å². The summed E-state index contributed by atoms with van der Waals surface area (Å²) in [7, 11) is 1.31. The van der Waals surface area contributed by atoms with E-state index in [1.807, 2.05) is 5.32 Å². The number of ketones is 1. The summed E-state index contributed by atoms with van der Waals surface area (Å²) in [6.45, 7) is -0.122. The third kappa shape index (κ3) is 4.61. The molecule has 0 saturated heterocycles. The zero-order chi connectivity index (χ0) is 11.1. The SMILES string of the molecule is COCC(NC(=O)C(F)F)C(=O)CBr. The quantitative estimate of drug-likeness (QED) is 0.711. The molecule has 1 atom stereocenters. The van der Waals surface area contributed by atoms with Crippen molar-refractivity contribution in [3.63, 3.8) is 0 Å². The highest BCUT2D eigenvalue weighted by molar-refractivity contribution is 9.09. The molecule has 0 rings (SSSR count). The van der Waals surface area contributed by atoms with Crippen molar-refractivity contribution in [1.82, 2.24) is 5.32 Å². The number of amides is 1. The molecule has 0 aromatic carbocycles. The second-order valence-corrected chi connectivity index (χ2v) is 2.98. The number of carbonyl (C=O) groups excluding carboxylic acids is 2. The molecule has 0 spiro atoms. The van der Waals surface area contributed by atoms with E-state index in [2.05, 4.69) is 20.7 Å². The van der Waals surface area contributed by atoms with Gasteiger partial charge >= 0.3 is 6.43 Å². The van der Waals surface area contributed by atoms with Crippen LogP contribution in [0.2, 0.25) is 0 Å². The first kappa shape index (κ1) is 13.4. The Hall–Kier alpha value is -0.560. The molecule has 0 saturated carbocycles. The van der Waals surface area contributed by atoms with Crippen LogP contribution in [-0.4, -0.2) is 43.2 Å². The Bertz CT molecular complexity index is 211. The monoisotopic (exact) mass is 273 g/mol. The fourth-order valence-electron chi connectivity index (χ4n) is 0.710. The van der Waals surface area contributed by atoms with Crippen molar-refractivity contribution < 1.29 is 23.1 Å². The summed E-state index contributed by atoms with van der Waals surface area (Å²) in [6, 6.07) is -1.03. The molecule has 0 aromatic heterocycles. The van der Waals surface area contributed by atoms with Crippen LogP contribution in [0.15, 0.2) is 0 Å². The van der Waals surface area contributed by atoms with Crippen LogP contribution in [0.3, 0.4) is 0 Å². The Morgan fingerprint density at radius 2 is 2.07 bits per heavy atom. The third-order valence-electron chi connectivity index (χ3n) is 1.37. The van der Waals surface area contributed by atoms with Crippen molar-refractivity contribution in [2.24, 2.45) is 0 Å². The van der Waals surface area contributed by atoms with Gasteiger partial charge in [-0.2, -0.15) is 8.78 Å². The van der Waals surface area contributed by atoms with Crippen LogP contribution >= 0.6 is 15.9 Å². The smallest absolute Gasteiger partial charge is 0.315 e. The van der Waals surface area contributed by atoms with Crippen molar-refractivity contribution in [3.8, 4) is 0 Å². The number of methoxy groups -OCH3 is 1. The van der Waals surface area contributed by atoms with Crippen LogP contribution in [0.1, 0.15) is 0 Å². The number of ether oxygens (including phenoxy) is 1. The number of carbonyl (C=O) groups is 2. The Morgan fingerprint density at radius 1 is 1.50 bits per heavy atom. The molecule has 0 fully saturated rings. The molecule has 0 aliphatic carbocycles. The van der Waals surface area contributed by atoms with Gasteiger partial charge in [-0.05, 0) is 0 Å². The van der Waals surface area contributed by atoms with Crippen molar-refractivity contribution in [2.45, 2.75) is 12.5 Å². The van der Waals surface area contributed by atoms with Gasteiger partial charge in [0.15, 0.2) is 5.78 Å². The molecular weight excluding hydrogens is 264 g/mol. The average Bonchev–Trinajstić information content (AvgIpc) is 2.15. The largest absolute Gasteiger partial charge is 0.382 e. The van der Waals surface area contributed by atoms with Gasteiger partial charge in [0, 0.05) is 7.11 Å². The van der Waals surface area contributed by atoms with Crippen LogP contribution in [0.5, 0.6) is 0 Å². The third-order valence-corrected chi connectivity index (χ3v) is 1.92. The van der Waals surface area contributed by atoms with E-state index in [-0.39, 0.29) is 11.9 Å². The Labute approximate surface area is 88.1 Å². The lowest BCUT2D eigenvalue weighted by molar-refractivity contribution is -0.135. The van der Waals surface area contributed by atoms with Gasteiger partial charge in [0.2, 0.25) is 0 Å². The lowest BCUT2D eigenvalue weighted by atomic mass is 10.2. The summed E-state index contributed by atoms with van der Waals surface area (Å²) in [4.78, 5) is 21.6. The molecule has 0 bridgehead atoms. The summed E-state index contributed by atoms with van der Waals surface area (Å²) in [6.07, 6.45) is -3.13. The highest BCUT2D eigenvalue weighted by Crippen LogP contribution is 1.97. The zero-order valence-electron chi connectivity index (χ0n) is 7.43. The normalized spacial score (nSPS) is 12.6. The van der Waals surface area contributed by atoms with Crippen LogP contribution < -0.4 is 5.32 Å². The summed E-state index contributed by atoms with van der Waals surface area (Å²) in [5.74, 6) is -1.89. The van der Waals surface area contributed by atoms with E-state index in [0.717, 1.165) is 0 Å². The molecule has 0 aliphatic rings. The maximum absolute atomic E-state index is 11.8. The maximum Gasteiger partial charge on any atom is 0.315 e. The van der Waals surface area contributed by atoms with E-state index in [0.29, 0.717) is 0 Å². The Morgan fingerprint density at radius 3 is 2.43 bits per heavy atom. The molecule has 0 radical (unpaired) electrons. The minimum absolute atomic E-state index is 0.0233. The van der Waals surface area contributed by atoms with Gasteiger partial charge in [0.25, 0.3) is 5.91 Å². The van der Waals surface area contributed by atoms with E-state index in [4.69, 9.17) is 0 Å². The number of hydrogen-bond acceptors (Lipinski definition) is 3. The van der Waals surface area contributed by atoms with Crippen molar-refractivity contribution in [1.29, 1.82) is 0 Å². The first-order valence-corrected chi connectivity index (χ1v) is 4.81. The molecule has 14 heavy (non-hydrogen) atoms. The molecule has 1 unspecified atom stereocenters. The van der Waals surface area contributed by atoms with Gasteiger partial charge in [-0.15, -0.1) is 0 Å². The topological polar surface area (TPSA) is 55.4 Å². The molecule has 0 aromatic rings. The number of nitrogens with one attached hydrogen (secondary N) is 1. The molecule has 1 amide bonds. The van der Waals surface area contributed by atoms with Gasteiger partial charge in [0.1, 0.15) is 6.04 Å². The molecule has 0 aliphatic heterocycles. The summed E-state index contributed by atoms with van der Waals surface area (Å²) in [5, 5.41) is 1.85.